The Balaban J connectivity index is 1.79. The molecule has 1 N–H and O–H groups in total. The number of halogens is 2. The Morgan fingerprint density at radius 1 is 0.966 bits per heavy atom. The van der Waals surface area contributed by atoms with Gasteiger partial charge in [0.25, 0.3) is 5.91 Å². The fourth-order valence-electron chi connectivity index (χ4n) is 3.01. The average Bonchev–Trinajstić information content (AvgIpc) is 3.08. The lowest BCUT2D eigenvalue weighted by atomic mass is 10.0. The molecule has 4 aromatic rings. The maximum atomic E-state index is 14.0. The second-order valence-corrected chi connectivity index (χ2v) is 7.00. The van der Waals surface area contributed by atoms with Crippen LogP contribution in [0.4, 0.5) is 10.1 Å². The van der Waals surface area contributed by atoms with Crippen LogP contribution in [0.2, 0.25) is 5.02 Å². The summed E-state index contributed by atoms with van der Waals surface area (Å²) in [4.78, 5) is 25.8. The number of amides is 1. The molecular weight excluding hydrogens is 393 g/mol. The number of para-hydroxylation sites is 1. The van der Waals surface area contributed by atoms with E-state index in [4.69, 9.17) is 16.0 Å². The predicted molar refractivity (Wildman–Crippen MR) is 110 cm³/mol. The molecule has 0 atom stereocenters. The zero-order valence-electron chi connectivity index (χ0n) is 15.3. The molecule has 144 valence electrons. The third-order valence-electron chi connectivity index (χ3n) is 4.56. The Morgan fingerprint density at radius 3 is 2.52 bits per heavy atom. The second kappa shape index (κ2) is 7.53. The van der Waals surface area contributed by atoms with Crippen LogP contribution in [0.15, 0.2) is 71.1 Å². The molecule has 1 amide bonds. The van der Waals surface area contributed by atoms with Crippen molar-refractivity contribution in [1.29, 1.82) is 0 Å². The topological polar surface area (TPSA) is 59.3 Å². The first kappa shape index (κ1) is 18.9. The van der Waals surface area contributed by atoms with Crippen molar-refractivity contribution in [3.8, 4) is 0 Å². The van der Waals surface area contributed by atoms with Crippen molar-refractivity contribution in [3.63, 3.8) is 0 Å². The molecule has 0 fully saturated rings. The van der Waals surface area contributed by atoms with E-state index in [1.165, 1.54) is 18.2 Å². The van der Waals surface area contributed by atoms with Crippen LogP contribution in [0.1, 0.15) is 32.0 Å². The van der Waals surface area contributed by atoms with Crippen molar-refractivity contribution < 1.29 is 18.4 Å². The second-order valence-electron chi connectivity index (χ2n) is 6.56. The van der Waals surface area contributed by atoms with Gasteiger partial charge in [-0.2, -0.15) is 0 Å². The number of furan rings is 1. The molecule has 29 heavy (non-hydrogen) atoms. The van der Waals surface area contributed by atoms with Gasteiger partial charge in [0.05, 0.1) is 5.69 Å². The quantitative estimate of drug-likeness (QED) is 0.421. The number of carbonyl (C=O) groups is 2. The van der Waals surface area contributed by atoms with Crippen LogP contribution in [0, 0.1) is 12.7 Å². The van der Waals surface area contributed by atoms with Gasteiger partial charge in [0, 0.05) is 21.5 Å². The monoisotopic (exact) mass is 407 g/mol. The molecule has 6 heteroatoms. The molecule has 0 aliphatic rings. The Hall–Kier alpha value is -3.44. The van der Waals surface area contributed by atoms with Crippen LogP contribution in [0.25, 0.3) is 11.0 Å². The van der Waals surface area contributed by atoms with Gasteiger partial charge in [-0.05, 0) is 48.9 Å². The average molecular weight is 408 g/mol. The first-order valence-electron chi connectivity index (χ1n) is 8.83. The lowest BCUT2D eigenvalue weighted by molar-refractivity contribution is 0.101. The van der Waals surface area contributed by atoms with Crippen LogP contribution in [-0.4, -0.2) is 11.7 Å². The molecule has 0 aliphatic heterocycles. The standard InChI is InChI=1S/C23H15ClFNO3/c1-13-9-10-14(12-18(13)25)21(27)22-20(17-7-2-3-8-19(17)29-22)26-23(28)15-5-4-6-16(24)11-15/h2-12H,1H3,(H,26,28). The third-order valence-corrected chi connectivity index (χ3v) is 4.80. The first-order valence-corrected chi connectivity index (χ1v) is 9.21. The number of rotatable bonds is 4. The summed E-state index contributed by atoms with van der Waals surface area (Å²) < 4.78 is 19.7. The highest BCUT2D eigenvalue weighted by molar-refractivity contribution is 6.31. The predicted octanol–water partition coefficient (Wildman–Crippen LogP) is 6.02. The maximum absolute atomic E-state index is 14.0. The smallest absolute Gasteiger partial charge is 0.255 e. The first-order chi connectivity index (χ1) is 13.9. The fourth-order valence-corrected chi connectivity index (χ4v) is 3.20. The largest absolute Gasteiger partial charge is 0.450 e. The summed E-state index contributed by atoms with van der Waals surface area (Å²) in [6.07, 6.45) is 0. The number of benzene rings is 3. The number of hydrogen-bond donors (Lipinski definition) is 1. The summed E-state index contributed by atoms with van der Waals surface area (Å²) in [7, 11) is 0. The van der Waals surface area contributed by atoms with Gasteiger partial charge in [-0.25, -0.2) is 4.39 Å². The van der Waals surface area contributed by atoms with Gasteiger partial charge in [-0.15, -0.1) is 0 Å². The molecule has 0 spiro atoms. The Bertz CT molecular complexity index is 1260. The SMILES string of the molecule is Cc1ccc(C(=O)c2oc3ccccc3c2NC(=O)c2cccc(Cl)c2)cc1F. The Kier molecular flexibility index (Phi) is 4.91. The molecule has 1 aromatic heterocycles. The molecule has 0 saturated heterocycles. The lowest BCUT2D eigenvalue weighted by Gasteiger charge is -2.07. The van der Waals surface area contributed by atoms with Crippen molar-refractivity contribution in [1.82, 2.24) is 0 Å². The van der Waals surface area contributed by atoms with E-state index in [1.807, 2.05) is 0 Å². The van der Waals surface area contributed by atoms with Gasteiger partial charge in [0.2, 0.25) is 5.78 Å². The highest BCUT2D eigenvalue weighted by Gasteiger charge is 2.24. The van der Waals surface area contributed by atoms with E-state index >= 15 is 0 Å². The molecule has 0 unspecified atom stereocenters. The van der Waals surface area contributed by atoms with E-state index in [1.54, 1.807) is 49.4 Å². The van der Waals surface area contributed by atoms with Gasteiger partial charge >= 0.3 is 0 Å². The Morgan fingerprint density at radius 2 is 1.76 bits per heavy atom. The minimum atomic E-state index is -0.526. The van der Waals surface area contributed by atoms with Crippen LogP contribution in [-0.2, 0) is 0 Å². The molecule has 3 aromatic carbocycles. The van der Waals surface area contributed by atoms with Crippen molar-refractivity contribution >= 4 is 39.9 Å². The number of anilines is 1. The molecule has 0 bridgehead atoms. The molecule has 0 radical (unpaired) electrons. The van der Waals surface area contributed by atoms with Crippen LogP contribution in [0.3, 0.4) is 0 Å². The summed E-state index contributed by atoms with van der Waals surface area (Å²) in [6.45, 7) is 1.61. The lowest BCUT2D eigenvalue weighted by Crippen LogP contribution is -2.14. The molecule has 4 nitrogen and oxygen atoms in total. The van der Waals surface area contributed by atoms with Crippen molar-refractivity contribution in [2.45, 2.75) is 6.92 Å². The highest BCUT2D eigenvalue weighted by atomic mass is 35.5. The summed E-state index contributed by atoms with van der Waals surface area (Å²) in [6, 6.07) is 17.6. The minimum absolute atomic E-state index is 0.0650. The van der Waals surface area contributed by atoms with Gasteiger partial charge in [0.1, 0.15) is 11.4 Å². The third kappa shape index (κ3) is 3.65. The van der Waals surface area contributed by atoms with E-state index in [9.17, 15) is 14.0 Å². The Labute approximate surface area is 170 Å². The summed E-state index contributed by atoms with van der Waals surface area (Å²) in [5, 5.41) is 3.73. The molecule has 4 rings (SSSR count). The van der Waals surface area contributed by atoms with Crippen LogP contribution in [0.5, 0.6) is 0 Å². The van der Waals surface area contributed by atoms with E-state index in [2.05, 4.69) is 5.32 Å². The number of nitrogens with one attached hydrogen (secondary N) is 1. The fraction of sp³-hybridized carbons (Fsp3) is 0.0435. The number of fused-ring (bicyclic) bond motifs is 1. The van der Waals surface area contributed by atoms with Crippen LogP contribution >= 0.6 is 11.6 Å². The minimum Gasteiger partial charge on any atom is -0.450 e. The van der Waals surface area contributed by atoms with Gasteiger partial charge in [-0.3, -0.25) is 9.59 Å². The van der Waals surface area contributed by atoms with Crippen molar-refractivity contribution in [2.24, 2.45) is 0 Å². The summed E-state index contributed by atoms with van der Waals surface area (Å²) in [5.41, 5.74) is 1.56. The zero-order chi connectivity index (χ0) is 20.5. The van der Waals surface area contributed by atoms with E-state index in [-0.39, 0.29) is 17.0 Å². The number of ketones is 1. The normalized spacial score (nSPS) is 10.9. The number of aryl methyl sites for hydroxylation is 1. The highest BCUT2D eigenvalue weighted by Crippen LogP contribution is 2.33. The van der Waals surface area contributed by atoms with Gasteiger partial charge in [0.15, 0.2) is 5.76 Å². The van der Waals surface area contributed by atoms with Crippen LogP contribution < -0.4 is 5.32 Å². The number of hydrogen-bond acceptors (Lipinski definition) is 3. The molecule has 1 heterocycles. The zero-order valence-corrected chi connectivity index (χ0v) is 16.1. The molecule has 0 saturated carbocycles. The van der Waals surface area contributed by atoms with E-state index in [0.717, 1.165) is 6.07 Å². The summed E-state index contributed by atoms with van der Waals surface area (Å²) >= 11 is 5.97. The van der Waals surface area contributed by atoms with Crippen molar-refractivity contribution in [2.75, 3.05) is 5.32 Å². The van der Waals surface area contributed by atoms with E-state index in [0.29, 0.717) is 27.1 Å². The molecule has 0 aliphatic carbocycles. The number of carbonyl (C=O) groups excluding carboxylic acids is 2. The maximum Gasteiger partial charge on any atom is 0.255 e. The summed E-state index contributed by atoms with van der Waals surface area (Å²) in [5.74, 6) is -1.52. The van der Waals surface area contributed by atoms with E-state index < -0.39 is 17.5 Å². The molecular formula is C23H15ClFNO3. The van der Waals surface area contributed by atoms with Crippen molar-refractivity contribution in [3.05, 3.63) is 100 Å². The van der Waals surface area contributed by atoms with Gasteiger partial charge < -0.3 is 9.73 Å². The van der Waals surface area contributed by atoms with Gasteiger partial charge in [-0.1, -0.05) is 41.9 Å².